The zero-order valence-electron chi connectivity index (χ0n) is 34.9. The largest absolute Gasteiger partial charge is 0.497 e. The van der Waals surface area contributed by atoms with Crippen LogP contribution in [0.3, 0.4) is 0 Å². The van der Waals surface area contributed by atoms with E-state index < -0.39 is 5.82 Å². The number of ether oxygens (including phenoxy) is 6. The molecule has 0 aliphatic rings. The first kappa shape index (κ1) is 41.8. The van der Waals surface area contributed by atoms with Gasteiger partial charge in [-0.2, -0.15) is 10.5 Å². The number of anilines is 9. The van der Waals surface area contributed by atoms with Gasteiger partial charge >= 0.3 is 0 Å². The number of hydrogen-bond acceptors (Lipinski definition) is 11. The van der Waals surface area contributed by atoms with Crippen molar-refractivity contribution in [3.8, 4) is 46.6 Å². The molecule has 11 nitrogen and oxygen atoms in total. The predicted octanol–water partition coefficient (Wildman–Crippen LogP) is 12.0. The van der Waals surface area contributed by atoms with E-state index in [1.165, 1.54) is 0 Å². The Morgan fingerprint density at radius 2 is 0.500 bits per heavy atom. The summed E-state index contributed by atoms with van der Waals surface area (Å²) in [7, 11) is 9.36. The molecule has 0 radical (unpaired) electrons. The summed E-state index contributed by atoms with van der Waals surface area (Å²) in [5, 5.41) is 23.1. The molecule has 12 heteroatoms. The monoisotopic (exact) mass is 827 g/mol. The van der Waals surface area contributed by atoms with E-state index in [1.807, 2.05) is 24.3 Å². The van der Waals surface area contributed by atoms with E-state index in [-0.39, 0.29) is 28.2 Å². The fourth-order valence-corrected chi connectivity index (χ4v) is 7.15. The minimum absolute atomic E-state index is 0.107. The van der Waals surface area contributed by atoms with Gasteiger partial charge in [-0.3, -0.25) is 0 Å². The van der Waals surface area contributed by atoms with Gasteiger partial charge in [0.05, 0.1) is 48.3 Å². The van der Waals surface area contributed by atoms with Crippen LogP contribution in [0.15, 0.2) is 146 Å². The van der Waals surface area contributed by atoms with Crippen LogP contribution in [0.1, 0.15) is 11.1 Å². The van der Waals surface area contributed by atoms with Crippen LogP contribution >= 0.6 is 0 Å². The van der Waals surface area contributed by atoms with Gasteiger partial charge in [-0.1, -0.05) is 0 Å². The van der Waals surface area contributed by atoms with Crippen molar-refractivity contribution >= 4 is 51.2 Å². The third-order valence-electron chi connectivity index (χ3n) is 10.2. The second-order valence-electron chi connectivity index (χ2n) is 13.5. The van der Waals surface area contributed by atoms with E-state index in [1.54, 1.807) is 179 Å². The lowest BCUT2D eigenvalue weighted by Crippen LogP contribution is -2.23. The van der Waals surface area contributed by atoms with Gasteiger partial charge in [0.2, 0.25) is 0 Å². The zero-order valence-corrected chi connectivity index (χ0v) is 34.9. The minimum atomic E-state index is -0.857. The Morgan fingerprint density at radius 3 is 0.661 bits per heavy atom. The molecular formula is C50H42FN5O6. The number of benzene rings is 7. The molecule has 0 N–H and O–H groups in total. The molecule has 0 unspecified atom stereocenters. The molecule has 0 saturated carbocycles. The lowest BCUT2D eigenvalue weighted by Gasteiger charge is -2.35. The lowest BCUT2D eigenvalue weighted by molar-refractivity contribution is 0.414. The molecule has 7 aromatic rings. The van der Waals surface area contributed by atoms with Crippen molar-refractivity contribution in [1.29, 1.82) is 10.5 Å². The summed E-state index contributed by atoms with van der Waals surface area (Å²) in [6.07, 6.45) is 0. The predicted molar refractivity (Wildman–Crippen MR) is 239 cm³/mol. The number of rotatable bonds is 15. The minimum Gasteiger partial charge on any atom is -0.497 e. The zero-order chi connectivity index (χ0) is 43.8. The molecular weight excluding hydrogens is 786 g/mol. The van der Waals surface area contributed by atoms with Crippen molar-refractivity contribution in [2.75, 3.05) is 57.4 Å². The maximum atomic E-state index is 18.9. The van der Waals surface area contributed by atoms with E-state index in [4.69, 9.17) is 28.4 Å². The highest BCUT2D eigenvalue weighted by molar-refractivity contribution is 5.98. The van der Waals surface area contributed by atoms with Crippen molar-refractivity contribution in [2.45, 2.75) is 0 Å². The van der Waals surface area contributed by atoms with Gasteiger partial charge in [-0.25, -0.2) is 4.39 Å². The van der Waals surface area contributed by atoms with Crippen LogP contribution in [0.2, 0.25) is 0 Å². The average molecular weight is 828 g/mol. The summed E-state index contributed by atoms with van der Waals surface area (Å²) in [5.41, 5.74) is 2.65. The van der Waals surface area contributed by atoms with Gasteiger partial charge in [0.25, 0.3) is 0 Å². The topological polar surface area (TPSA) is 113 Å². The number of halogens is 1. The van der Waals surface area contributed by atoms with Crippen LogP contribution in [-0.2, 0) is 0 Å². The van der Waals surface area contributed by atoms with E-state index >= 15 is 4.39 Å². The molecule has 0 fully saturated rings. The van der Waals surface area contributed by atoms with Crippen molar-refractivity contribution in [3.05, 3.63) is 163 Å². The smallest absolute Gasteiger partial charge is 0.174 e. The van der Waals surface area contributed by atoms with E-state index in [2.05, 4.69) is 12.1 Å². The van der Waals surface area contributed by atoms with Gasteiger partial charge in [0, 0.05) is 34.1 Å². The standard InChI is InChI=1S/C50H42FN5O6/c1-57-39-19-7-33(8-20-39)54(34-9-21-40(58-2)22-10-34)48-45(31-52)49(55(35-11-23-41(59-3)24-12-35)36-13-25-42(60-4)26-14-36)47(51)50(46(48)32-53)56(37-15-27-43(61-5)28-16-37)38-17-29-44(62-6)30-18-38/h7-30H,1-6H3. The molecule has 0 saturated heterocycles. The number of nitrogens with zero attached hydrogens (tertiary/aromatic N) is 5. The highest BCUT2D eigenvalue weighted by atomic mass is 19.1. The molecule has 0 atom stereocenters. The molecule has 310 valence electrons. The summed E-state index contributed by atoms with van der Waals surface area (Å²) in [6.45, 7) is 0. The normalized spacial score (nSPS) is 10.5. The van der Waals surface area contributed by atoms with Gasteiger partial charge in [0.1, 0.15) is 69.1 Å². The molecule has 0 aromatic heterocycles. The second kappa shape index (κ2) is 18.7. The fraction of sp³-hybridized carbons (Fsp3) is 0.120. The lowest BCUT2D eigenvalue weighted by atomic mass is 9.97. The Labute approximate surface area is 360 Å². The van der Waals surface area contributed by atoms with E-state index in [9.17, 15) is 10.5 Å². The molecule has 0 spiro atoms. The Hall–Kier alpha value is -8.35. The maximum absolute atomic E-state index is 18.9. The van der Waals surface area contributed by atoms with Crippen molar-refractivity contribution in [2.24, 2.45) is 0 Å². The third kappa shape index (κ3) is 8.13. The molecule has 0 aliphatic heterocycles. The van der Waals surface area contributed by atoms with Crippen LogP contribution in [0.4, 0.5) is 55.6 Å². The van der Waals surface area contributed by atoms with Crippen LogP contribution in [0, 0.1) is 28.5 Å². The molecule has 62 heavy (non-hydrogen) atoms. The quantitative estimate of drug-likeness (QED) is 0.0984. The molecule has 0 amide bonds. The Morgan fingerprint density at radius 1 is 0.323 bits per heavy atom. The first-order valence-corrected chi connectivity index (χ1v) is 19.3. The SMILES string of the molecule is COc1ccc(N(c2ccc(OC)cc2)c2c(F)c(N(c3ccc(OC)cc3)c3ccc(OC)cc3)c(C#N)c(N(c3ccc(OC)cc3)c3ccc(OC)cc3)c2C#N)cc1. The highest BCUT2D eigenvalue weighted by Crippen LogP contribution is 2.53. The summed E-state index contributed by atoms with van der Waals surface area (Å²) in [6, 6.07) is 47.3. The molecule has 0 bridgehead atoms. The van der Waals surface area contributed by atoms with Gasteiger partial charge in [0.15, 0.2) is 5.82 Å². The molecule has 0 heterocycles. The summed E-state index contributed by atoms with van der Waals surface area (Å²) >= 11 is 0. The van der Waals surface area contributed by atoms with Crippen LogP contribution < -0.4 is 43.1 Å². The number of hydrogen-bond donors (Lipinski definition) is 0. The second-order valence-corrected chi connectivity index (χ2v) is 13.5. The summed E-state index contributed by atoms with van der Waals surface area (Å²) in [5.74, 6) is 2.59. The third-order valence-corrected chi connectivity index (χ3v) is 10.2. The summed E-state index contributed by atoms with van der Waals surface area (Å²) < 4.78 is 52.0. The van der Waals surface area contributed by atoms with Gasteiger partial charge in [-0.15, -0.1) is 0 Å². The highest BCUT2D eigenvalue weighted by Gasteiger charge is 2.36. The Balaban J connectivity index is 1.69. The Bertz CT molecular complexity index is 2440. The molecule has 0 aliphatic carbocycles. The first-order valence-electron chi connectivity index (χ1n) is 19.3. The van der Waals surface area contributed by atoms with Crippen LogP contribution in [0.5, 0.6) is 34.5 Å². The first-order chi connectivity index (χ1) is 30.3. The van der Waals surface area contributed by atoms with Gasteiger partial charge in [-0.05, 0) is 146 Å². The maximum Gasteiger partial charge on any atom is 0.174 e. The van der Waals surface area contributed by atoms with Crippen molar-refractivity contribution < 1.29 is 32.8 Å². The van der Waals surface area contributed by atoms with Crippen LogP contribution in [0.25, 0.3) is 0 Å². The Kier molecular flexibility index (Phi) is 12.6. The molecule has 7 rings (SSSR count). The number of nitriles is 2. The average Bonchev–Trinajstić information content (AvgIpc) is 3.34. The van der Waals surface area contributed by atoms with E-state index in [0.717, 1.165) is 0 Å². The van der Waals surface area contributed by atoms with Crippen molar-refractivity contribution in [3.63, 3.8) is 0 Å². The van der Waals surface area contributed by atoms with Crippen LogP contribution in [-0.4, -0.2) is 42.7 Å². The van der Waals surface area contributed by atoms with E-state index in [0.29, 0.717) is 68.6 Å². The fourth-order valence-electron chi connectivity index (χ4n) is 7.15. The van der Waals surface area contributed by atoms with Gasteiger partial charge < -0.3 is 43.1 Å². The number of methoxy groups -OCH3 is 6. The summed E-state index contributed by atoms with van der Waals surface area (Å²) in [4.78, 5) is 5.08. The van der Waals surface area contributed by atoms with Crippen molar-refractivity contribution in [1.82, 2.24) is 0 Å². The molecule has 7 aromatic carbocycles.